The van der Waals surface area contributed by atoms with Gasteiger partial charge < -0.3 is 4.74 Å². The Morgan fingerprint density at radius 3 is 2.06 bits per heavy atom. The molecular formula is C20H21Br3N2O5S2. The van der Waals surface area contributed by atoms with Gasteiger partial charge in [-0.1, -0.05) is 22.0 Å². The summed E-state index contributed by atoms with van der Waals surface area (Å²) in [7, 11) is -7.57. The molecule has 2 fully saturated rings. The molecule has 2 heterocycles. The predicted octanol–water partition coefficient (Wildman–Crippen LogP) is 4.48. The minimum Gasteiger partial charge on any atom is -0.358 e. The van der Waals surface area contributed by atoms with Gasteiger partial charge in [0.2, 0.25) is 20.0 Å². The summed E-state index contributed by atoms with van der Waals surface area (Å²) in [4.78, 5) is 0.360. The quantitative estimate of drug-likeness (QED) is 0.479. The van der Waals surface area contributed by atoms with Crippen molar-refractivity contribution in [1.82, 2.24) is 8.61 Å². The van der Waals surface area contributed by atoms with E-state index in [4.69, 9.17) is 4.74 Å². The molecule has 12 heteroatoms. The first-order valence-corrected chi connectivity index (χ1v) is 15.1. The van der Waals surface area contributed by atoms with Crippen molar-refractivity contribution >= 4 is 67.8 Å². The number of piperidine rings is 1. The Morgan fingerprint density at radius 1 is 0.844 bits per heavy atom. The van der Waals surface area contributed by atoms with E-state index in [-0.39, 0.29) is 48.9 Å². The first-order chi connectivity index (χ1) is 15.0. The van der Waals surface area contributed by atoms with Gasteiger partial charge in [0.25, 0.3) is 0 Å². The highest BCUT2D eigenvalue weighted by molar-refractivity contribution is 9.11. The number of ether oxygens (including phenoxy) is 1. The molecule has 2 aliphatic rings. The van der Waals surface area contributed by atoms with Crippen molar-refractivity contribution in [2.24, 2.45) is 0 Å². The fraction of sp³-hybridized carbons (Fsp3) is 0.400. The minimum absolute atomic E-state index is 0.159. The van der Waals surface area contributed by atoms with Gasteiger partial charge in [-0.15, -0.1) is 0 Å². The predicted molar refractivity (Wildman–Crippen MR) is 131 cm³/mol. The third-order valence-corrected chi connectivity index (χ3v) is 12.1. The number of hydrogen-bond donors (Lipinski definition) is 0. The van der Waals surface area contributed by atoms with Gasteiger partial charge in [-0.05, 0) is 74.7 Å². The number of hydrogen-bond acceptors (Lipinski definition) is 5. The zero-order valence-electron chi connectivity index (χ0n) is 17.1. The topological polar surface area (TPSA) is 84.0 Å². The summed E-state index contributed by atoms with van der Waals surface area (Å²) in [5, 5.41) is 0. The molecule has 0 amide bonds. The maximum absolute atomic E-state index is 13.5. The summed E-state index contributed by atoms with van der Waals surface area (Å²) in [6.45, 7) is 2.71. The molecule has 1 spiro atoms. The molecule has 4 rings (SSSR count). The second-order valence-corrected chi connectivity index (χ2v) is 14.1. The molecule has 2 aliphatic heterocycles. The van der Waals surface area contributed by atoms with E-state index in [0.29, 0.717) is 8.95 Å². The average molecular weight is 673 g/mol. The Hall–Kier alpha value is -0.340. The van der Waals surface area contributed by atoms with E-state index < -0.39 is 25.8 Å². The van der Waals surface area contributed by atoms with Crippen LogP contribution in [0.5, 0.6) is 0 Å². The van der Waals surface area contributed by atoms with E-state index >= 15 is 0 Å². The zero-order chi connectivity index (χ0) is 23.3. The van der Waals surface area contributed by atoms with Gasteiger partial charge in [-0.25, -0.2) is 16.8 Å². The van der Waals surface area contributed by atoms with Crippen molar-refractivity contribution in [3.05, 3.63) is 55.4 Å². The van der Waals surface area contributed by atoms with E-state index in [2.05, 4.69) is 47.8 Å². The maximum Gasteiger partial charge on any atom is 0.246 e. The molecule has 0 bridgehead atoms. The average Bonchev–Trinajstić information content (AvgIpc) is 3.11. The lowest BCUT2D eigenvalue weighted by atomic mass is 10.0. The summed E-state index contributed by atoms with van der Waals surface area (Å²) < 4.78 is 63.9. The van der Waals surface area contributed by atoms with E-state index in [1.165, 1.54) is 8.61 Å². The number of rotatable bonds is 4. The van der Waals surface area contributed by atoms with Gasteiger partial charge >= 0.3 is 0 Å². The molecule has 0 atom stereocenters. The Labute approximate surface area is 213 Å². The molecule has 32 heavy (non-hydrogen) atoms. The maximum atomic E-state index is 13.5. The van der Waals surface area contributed by atoms with E-state index in [9.17, 15) is 16.8 Å². The van der Waals surface area contributed by atoms with Crippen molar-refractivity contribution in [2.45, 2.75) is 35.3 Å². The standard InChI is InChI=1S/C20H21Br3N2O5S2/c1-14-2-4-19(16(22)12-14)32(28,29)25-10-11-30-20(25)6-8-24(9-7-20)31(26,27)18-5-3-15(21)13-17(18)23/h2-5,12-13H,6-11H2,1H3. The Kier molecular flexibility index (Phi) is 6.99. The van der Waals surface area contributed by atoms with Gasteiger partial charge in [0.1, 0.15) is 5.72 Å². The number of benzene rings is 2. The fourth-order valence-electron chi connectivity index (χ4n) is 4.16. The summed E-state index contributed by atoms with van der Waals surface area (Å²) in [6, 6.07) is 10.0. The second kappa shape index (κ2) is 9.03. The van der Waals surface area contributed by atoms with Gasteiger partial charge in [-0.3, -0.25) is 0 Å². The smallest absolute Gasteiger partial charge is 0.246 e. The highest BCUT2D eigenvalue weighted by Gasteiger charge is 2.52. The van der Waals surface area contributed by atoms with Crippen LogP contribution in [0, 0.1) is 6.92 Å². The van der Waals surface area contributed by atoms with Crippen molar-refractivity contribution in [3.63, 3.8) is 0 Å². The number of halogens is 3. The Balaban J connectivity index is 1.59. The molecule has 0 unspecified atom stereocenters. The summed E-state index contributed by atoms with van der Waals surface area (Å²) in [5.41, 5.74) is -0.104. The van der Waals surface area contributed by atoms with E-state index in [1.807, 2.05) is 6.92 Å². The van der Waals surface area contributed by atoms with Crippen LogP contribution in [-0.2, 0) is 24.8 Å². The van der Waals surface area contributed by atoms with Gasteiger partial charge in [0, 0.05) is 45.9 Å². The van der Waals surface area contributed by atoms with E-state index in [1.54, 1.807) is 36.4 Å². The van der Waals surface area contributed by atoms with Crippen LogP contribution in [0.1, 0.15) is 18.4 Å². The molecular weight excluding hydrogens is 652 g/mol. The lowest BCUT2D eigenvalue weighted by molar-refractivity contribution is -0.0806. The molecule has 7 nitrogen and oxygen atoms in total. The summed E-state index contributed by atoms with van der Waals surface area (Å²) in [6.07, 6.45) is 0.506. The molecule has 2 saturated heterocycles. The lowest BCUT2D eigenvalue weighted by Crippen LogP contribution is -2.55. The van der Waals surface area contributed by atoms with Crippen LogP contribution in [0.4, 0.5) is 0 Å². The SMILES string of the molecule is Cc1ccc(S(=O)(=O)N2CCOC23CCN(S(=O)(=O)c2ccc(Br)cc2Br)CC3)c(Br)c1. The van der Waals surface area contributed by atoms with Crippen molar-refractivity contribution < 1.29 is 21.6 Å². The highest BCUT2D eigenvalue weighted by atomic mass is 79.9. The summed E-state index contributed by atoms with van der Waals surface area (Å²) >= 11 is 10.0. The third-order valence-electron chi connectivity index (χ3n) is 5.79. The molecule has 0 N–H and O–H groups in total. The molecule has 2 aromatic carbocycles. The fourth-order valence-corrected chi connectivity index (χ4v) is 10.2. The highest BCUT2D eigenvalue weighted by Crippen LogP contribution is 2.41. The van der Waals surface area contributed by atoms with Crippen molar-refractivity contribution in [2.75, 3.05) is 26.2 Å². The van der Waals surface area contributed by atoms with E-state index in [0.717, 1.165) is 10.0 Å². The van der Waals surface area contributed by atoms with Crippen molar-refractivity contribution in [1.29, 1.82) is 0 Å². The Bertz CT molecular complexity index is 1260. The van der Waals surface area contributed by atoms with Crippen LogP contribution in [-0.4, -0.2) is 57.4 Å². The Morgan fingerprint density at radius 2 is 1.44 bits per heavy atom. The second-order valence-electron chi connectivity index (χ2n) is 7.78. The first kappa shape index (κ1) is 24.8. The van der Waals surface area contributed by atoms with Gasteiger partial charge in [0.05, 0.1) is 16.4 Å². The molecule has 2 aromatic rings. The monoisotopic (exact) mass is 670 g/mol. The number of sulfonamides is 2. The van der Waals surface area contributed by atoms with Crippen LogP contribution >= 0.6 is 47.8 Å². The minimum atomic E-state index is -3.83. The molecule has 0 saturated carbocycles. The van der Waals surface area contributed by atoms with Gasteiger partial charge in [0.15, 0.2) is 0 Å². The summed E-state index contributed by atoms with van der Waals surface area (Å²) in [5.74, 6) is 0. The zero-order valence-corrected chi connectivity index (χ0v) is 23.5. The van der Waals surface area contributed by atoms with Gasteiger partial charge in [-0.2, -0.15) is 8.61 Å². The van der Waals surface area contributed by atoms with Crippen LogP contribution < -0.4 is 0 Å². The lowest BCUT2D eigenvalue weighted by Gasteiger charge is -2.42. The van der Waals surface area contributed by atoms with Crippen LogP contribution in [0.2, 0.25) is 0 Å². The van der Waals surface area contributed by atoms with Crippen molar-refractivity contribution in [3.8, 4) is 0 Å². The molecule has 0 radical (unpaired) electrons. The van der Waals surface area contributed by atoms with Crippen LogP contribution in [0.3, 0.4) is 0 Å². The largest absolute Gasteiger partial charge is 0.358 e. The molecule has 0 aromatic heterocycles. The molecule has 174 valence electrons. The third kappa shape index (κ3) is 4.37. The first-order valence-electron chi connectivity index (χ1n) is 9.86. The van der Waals surface area contributed by atoms with Crippen LogP contribution in [0.15, 0.2) is 59.6 Å². The number of nitrogens with zero attached hydrogens (tertiary/aromatic N) is 2. The number of aryl methyl sites for hydroxylation is 1. The molecule has 0 aliphatic carbocycles. The van der Waals surface area contributed by atoms with Crippen LogP contribution in [0.25, 0.3) is 0 Å². The normalized spacial score (nSPS) is 20.1.